The fraction of sp³-hybridized carbons (Fsp3) is 0.417. The topological polar surface area (TPSA) is 44.0 Å². The molecule has 1 aliphatic heterocycles. The molecule has 1 aromatic heterocycles. The zero-order valence-corrected chi connectivity index (χ0v) is 9.40. The monoisotopic (exact) mass is 216 g/mol. The smallest absolute Gasteiger partial charge is 0.0671 e. The van der Waals surface area contributed by atoms with Crippen molar-refractivity contribution < 1.29 is 0 Å². The van der Waals surface area contributed by atoms with Gasteiger partial charge in [-0.25, -0.2) is 0 Å². The summed E-state index contributed by atoms with van der Waals surface area (Å²) >= 11 is 0. The van der Waals surface area contributed by atoms with E-state index in [1.165, 1.54) is 11.1 Å². The number of rotatable bonds is 1. The molecule has 1 aromatic carbocycles. The number of fused-ring (bicyclic) bond motifs is 1. The zero-order valence-electron chi connectivity index (χ0n) is 9.40. The van der Waals surface area contributed by atoms with Crippen LogP contribution in [-0.4, -0.2) is 35.9 Å². The molecule has 2 N–H and O–H groups in total. The molecule has 0 spiro atoms. The first-order valence-corrected chi connectivity index (χ1v) is 5.75. The number of H-pyrrole nitrogens is 1. The molecular formula is C12H16N4. The van der Waals surface area contributed by atoms with Crippen molar-refractivity contribution in [3.05, 3.63) is 24.4 Å². The molecule has 16 heavy (non-hydrogen) atoms. The summed E-state index contributed by atoms with van der Waals surface area (Å²) in [5.41, 5.74) is 2.41. The van der Waals surface area contributed by atoms with E-state index in [1.54, 1.807) is 0 Å². The lowest BCUT2D eigenvalue weighted by atomic mass is 10.1. The number of benzene rings is 1. The van der Waals surface area contributed by atoms with Gasteiger partial charge in [-0.05, 0) is 19.1 Å². The largest absolute Gasteiger partial charge is 0.368 e. The Morgan fingerprint density at radius 3 is 3.25 bits per heavy atom. The predicted molar refractivity (Wildman–Crippen MR) is 65.8 cm³/mol. The normalized spacial score (nSPS) is 21.6. The number of anilines is 1. The van der Waals surface area contributed by atoms with Gasteiger partial charge in [-0.2, -0.15) is 5.10 Å². The predicted octanol–water partition coefficient (Wildman–Crippen LogP) is 1.36. The lowest BCUT2D eigenvalue weighted by Crippen LogP contribution is -2.49. The molecule has 1 saturated heterocycles. The van der Waals surface area contributed by atoms with Crippen LogP contribution < -0.4 is 10.2 Å². The van der Waals surface area contributed by atoms with Gasteiger partial charge in [-0.15, -0.1) is 0 Å². The molecule has 1 fully saturated rings. The minimum absolute atomic E-state index is 0.552. The van der Waals surface area contributed by atoms with Crippen molar-refractivity contribution in [1.29, 1.82) is 0 Å². The van der Waals surface area contributed by atoms with Crippen molar-refractivity contribution in [3.8, 4) is 0 Å². The van der Waals surface area contributed by atoms with E-state index < -0.39 is 0 Å². The number of hydrogen-bond acceptors (Lipinski definition) is 3. The second kappa shape index (κ2) is 3.79. The third-order valence-electron chi connectivity index (χ3n) is 3.17. The molecule has 0 aliphatic carbocycles. The fourth-order valence-corrected chi connectivity index (χ4v) is 2.38. The minimum Gasteiger partial charge on any atom is -0.368 e. The number of piperazine rings is 1. The van der Waals surface area contributed by atoms with Crippen molar-refractivity contribution in [2.75, 3.05) is 24.5 Å². The average molecular weight is 216 g/mol. The second-order valence-electron chi connectivity index (χ2n) is 4.41. The van der Waals surface area contributed by atoms with Crippen LogP contribution in [0.3, 0.4) is 0 Å². The summed E-state index contributed by atoms with van der Waals surface area (Å²) in [6, 6.07) is 6.88. The quantitative estimate of drug-likeness (QED) is 0.756. The summed E-state index contributed by atoms with van der Waals surface area (Å²) in [6.07, 6.45) is 1.91. The Hall–Kier alpha value is -1.55. The number of hydrogen-bond donors (Lipinski definition) is 2. The van der Waals surface area contributed by atoms with Crippen LogP contribution in [0.15, 0.2) is 24.4 Å². The SMILES string of the molecule is CC1CN(c2cccc3[nH]ncc23)CCN1. The highest BCUT2D eigenvalue weighted by Crippen LogP contribution is 2.25. The minimum atomic E-state index is 0.552. The summed E-state index contributed by atoms with van der Waals surface area (Å²) in [5.74, 6) is 0. The molecular weight excluding hydrogens is 200 g/mol. The Labute approximate surface area is 94.6 Å². The standard InChI is InChI=1S/C12H16N4/c1-9-8-16(6-5-13-9)12-4-2-3-11-10(12)7-14-15-11/h2-4,7,9,13H,5-6,8H2,1H3,(H,14,15). The molecule has 2 heterocycles. The van der Waals surface area contributed by atoms with Gasteiger partial charge in [0.25, 0.3) is 0 Å². The summed E-state index contributed by atoms with van der Waals surface area (Å²) in [6.45, 7) is 5.40. The van der Waals surface area contributed by atoms with E-state index in [4.69, 9.17) is 0 Å². The highest BCUT2D eigenvalue weighted by Gasteiger charge is 2.17. The second-order valence-corrected chi connectivity index (χ2v) is 4.41. The maximum Gasteiger partial charge on any atom is 0.0671 e. The molecule has 3 rings (SSSR count). The fourth-order valence-electron chi connectivity index (χ4n) is 2.38. The molecule has 1 unspecified atom stereocenters. The lowest BCUT2D eigenvalue weighted by molar-refractivity contribution is 0.485. The van der Waals surface area contributed by atoms with Crippen LogP contribution in [0.5, 0.6) is 0 Å². The summed E-state index contributed by atoms with van der Waals surface area (Å²) in [5, 5.41) is 11.8. The molecule has 2 aromatic rings. The molecule has 1 aliphatic rings. The number of nitrogens with one attached hydrogen (secondary N) is 2. The maximum atomic E-state index is 4.11. The molecule has 0 amide bonds. The average Bonchev–Trinajstić information content (AvgIpc) is 2.76. The Bertz CT molecular complexity index is 490. The van der Waals surface area contributed by atoms with Crippen LogP contribution in [0.25, 0.3) is 10.9 Å². The third-order valence-corrected chi connectivity index (χ3v) is 3.17. The first kappa shape index (κ1) is 9.66. The number of aromatic nitrogens is 2. The summed E-state index contributed by atoms with van der Waals surface area (Å²) in [4.78, 5) is 2.43. The van der Waals surface area contributed by atoms with Crippen LogP contribution in [0, 0.1) is 0 Å². The van der Waals surface area contributed by atoms with Gasteiger partial charge in [-0.1, -0.05) is 6.07 Å². The maximum absolute atomic E-state index is 4.11. The van der Waals surface area contributed by atoms with Crippen LogP contribution in [0.4, 0.5) is 5.69 Å². The van der Waals surface area contributed by atoms with Crippen LogP contribution in [0.2, 0.25) is 0 Å². The lowest BCUT2D eigenvalue weighted by Gasteiger charge is -2.34. The summed E-state index contributed by atoms with van der Waals surface area (Å²) < 4.78 is 0. The Balaban J connectivity index is 2.01. The Morgan fingerprint density at radius 2 is 2.38 bits per heavy atom. The van der Waals surface area contributed by atoms with Crippen molar-refractivity contribution in [2.45, 2.75) is 13.0 Å². The first-order valence-electron chi connectivity index (χ1n) is 5.75. The van der Waals surface area contributed by atoms with Crippen molar-refractivity contribution in [2.24, 2.45) is 0 Å². The van der Waals surface area contributed by atoms with Gasteiger partial charge in [0.2, 0.25) is 0 Å². The third kappa shape index (κ3) is 1.55. The first-order chi connectivity index (χ1) is 7.84. The highest BCUT2D eigenvalue weighted by atomic mass is 15.2. The van der Waals surface area contributed by atoms with E-state index in [-0.39, 0.29) is 0 Å². The van der Waals surface area contributed by atoms with E-state index >= 15 is 0 Å². The van der Waals surface area contributed by atoms with Gasteiger partial charge < -0.3 is 10.2 Å². The molecule has 0 radical (unpaired) electrons. The van der Waals surface area contributed by atoms with Crippen LogP contribution in [-0.2, 0) is 0 Å². The Kier molecular flexibility index (Phi) is 2.29. The van der Waals surface area contributed by atoms with Crippen molar-refractivity contribution >= 4 is 16.6 Å². The molecule has 0 saturated carbocycles. The highest BCUT2D eigenvalue weighted by molar-refractivity contribution is 5.91. The van der Waals surface area contributed by atoms with Gasteiger partial charge in [0, 0.05) is 36.7 Å². The van der Waals surface area contributed by atoms with Gasteiger partial charge in [-0.3, -0.25) is 5.10 Å². The van der Waals surface area contributed by atoms with Gasteiger partial charge in [0.05, 0.1) is 11.7 Å². The van der Waals surface area contributed by atoms with E-state index in [1.807, 2.05) is 6.20 Å². The van der Waals surface area contributed by atoms with E-state index in [2.05, 4.69) is 45.5 Å². The van der Waals surface area contributed by atoms with E-state index in [0.717, 1.165) is 25.2 Å². The molecule has 84 valence electrons. The van der Waals surface area contributed by atoms with Crippen molar-refractivity contribution in [3.63, 3.8) is 0 Å². The molecule has 4 nitrogen and oxygen atoms in total. The summed E-state index contributed by atoms with van der Waals surface area (Å²) in [7, 11) is 0. The zero-order chi connectivity index (χ0) is 11.0. The van der Waals surface area contributed by atoms with Gasteiger partial charge >= 0.3 is 0 Å². The van der Waals surface area contributed by atoms with Gasteiger partial charge in [0.15, 0.2) is 0 Å². The molecule has 4 heteroatoms. The number of aromatic amines is 1. The Morgan fingerprint density at radius 1 is 1.44 bits per heavy atom. The van der Waals surface area contributed by atoms with Crippen LogP contribution >= 0.6 is 0 Å². The van der Waals surface area contributed by atoms with Gasteiger partial charge in [0.1, 0.15) is 0 Å². The van der Waals surface area contributed by atoms with Crippen LogP contribution in [0.1, 0.15) is 6.92 Å². The molecule has 1 atom stereocenters. The molecule has 0 bridgehead atoms. The van der Waals surface area contributed by atoms with E-state index in [9.17, 15) is 0 Å². The van der Waals surface area contributed by atoms with Crippen molar-refractivity contribution in [1.82, 2.24) is 15.5 Å². The number of nitrogens with zero attached hydrogens (tertiary/aromatic N) is 2. The van der Waals surface area contributed by atoms with E-state index in [0.29, 0.717) is 6.04 Å².